The van der Waals surface area contributed by atoms with Crippen molar-refractivity contribution in [2.24, 2.45) is 11.1 Å². The van der Waals surface area contributed by atoms with E-state index in [2.05, 4.69) is 0 Å². The summed E-state index contributed by atoms with van der Waals surface area (Å²) >= 11 is 0. The number of ether oxygens (including phenoxy) is 4. The predicted octanol–water partition coefficient (Wildman–Crippen LogP) is 5.15. The van der Waals surface area contributed by atoms with Gasteiger partial charge in [-0.2, -0.15) is 0 Å². The molecule has 264 valence electrons. The van der Waals surface area contributed by atoms with E-state index in [1.54, 1.807) is 111 Å². The van der Waals surface area contributed by atoms with E-state index in [0.717, 1.165) is 0 Å². The van der Waals surface area contributed by atoms with Gasteiger partial charge in [-0.05, 0) is 51.0 Å². The molecule has 4 N–H and O–H groups in total. The number of hydrogen-bond donors (Lipinski definition) is 3. The molecule has 0 aliphatic heterocycles. The summed E-state index contributed by atoms with van der Waals surface area (Å²) in [6, 6.07) is 25.5. The molecule has 0 saturated heterocycles. The first-order chi connectivity index (χ1) is 24.0. The van der Waals surface area contributed by atoms with Crippen molar-refractivity contribution in [1.29, 1.82) is 0 Å². The molecule has 50 heavy (non-hydrogen) atoms. The van der Waals surface area contributed by atoms with E-state index in [0.29, 0.717) is 51.7 Å². The molecule has 2 amide bonds. The van der Waals surface area contributed by atoms with E-state index in [1.165, 1.54) is 33.3 Å². The van der Waals surface area contributed by atoms with Crippen LogP contribution in [-0.2, 0) is 20.8 Å². The molecule has 2 atom stereocenters. The highest BCUT2D eigenvalue weighted by Crippen LogP contribution is 2.51. The highest BCUT2D eigenvalue weighted by molar-refractivity contribution is 6.05. The third-order valence-electron chi connectivity index (χ3n) is 10.4. The van der Waals surface area contributed by atoms with Crippen LogP contribution in [0.4, 0.5) is 0 Å². The number of primary amides is 1. The maximum atomic E-state index is 15.3. The number of methoxy groups -OCH3 is 4. The number of aliphatic hydroxyl groups is 2. The number of nitrogens with two attached hydrogens (primary N) is 1. The third-order valence-corrected chi connectivity index (χ3v) is 10.4. The molecule has 0 heterocycles. The van der Waals surface area contributed by atoms with Crippen molar-refractivity contribution in [2.45, 2.75) is 56.4 Å². The van der Waals surface area contributed by atoms with Gasteiger partial charge >= 0.3 is 0 Å². The molecule has 1 saturated carbocycles. The molecule has 0 radical (unpaired) electrons. The highest BCUT2D eigenvalue weighted by Gasteiger charge is 2.59. The lowest BCUT2D eigenvalue weighted by Gasteiger charge is -2.52. The molecule has 10 nitrogen and oxygen atoms in total. The Balaban J connectivity index is 1.88. The summed E-state index contributed by atoms with van der Waals surface area (Å²) in [6.45, 7) is 3.37. The van der Waals surface area contributed by atoms with E-state index in [1.807, 2.05) is 0 Å². The predicted molar refractivity (Wildman–Crippen MR) is 189 cm³/mol. The molecule has 0 bridgehead atoms. The van der Waals surface area contributed by atoms with Crippen molar-refractivity contribution < 1.29 is 38.7 Å². The van der Waals surface area contributed by atoms with E-state index in [4.69, 9.17) is 24.7 Å². The maximum Gasteiger partial charge on any atom is 0.238 e. The van der Waals surface area contributed by atoms with Crippen molar-refractivity contribution in [1.82, 2.24) is 4.90 Å². The van der Waals surface area contributed by atoms with Gasteiger partial charge in [0, 0.05) is 22.3 Å². The summed E-state index contributed by atoms with van der Waals surface area (Å²) in [5, 5.41) is 26.8. The van der Waals surface area contributed by atoms with Crippen LogP contribution in [0, 0.1) is 5.41 Å². The van der Waals surface area contributed by atoms with Gasteiger partial charge in [0.1, 0.15) is 39.6 Å². The Kier molecular flexibility index (Phi) is 10.5. The Morgan fingerprint density at radius 2 is 0.900 bits per heavy atom. The van der Waals surface area contributed by atoms with E-state index in [9.17, 15) is 15.0 Å². The van der Waals surface area contributed by atoms with Gasteiger partial charge < -0.3 is 39.8 Å². The first-order valence-corrected chi connectivity index (χ1v) is 16.6. The lowest BCUT2D eigenvalue weighted by atomic mass is 9.65. The lowest BCUT2D eigenvalue weighted by Crippen LogP contribution is -2.66. The van der Waals surface area contributed by atoms with Gasteiger partial charge in [-0.3, -0.25) is 9.59 Å². The van der Waals surface area contributed by atoms with Crippen LogP contribution in [-0.4, -0.2) is 67.5 Å². The molecule has 1 aliphatic rings. The Labute approximate surface area is 293 Å². The fourth-order valence-electron chi connectivity index (χ4n) is 7.46. The van der Waals surface area contributed by atoms with Gasteiger partial charge in [0.25, 0.3) is 0 Å². The zero-order chi connectivity index (χ0) is 36.3. The van der Waals surface area contributed by atoms with Crippen LogP contribution in [0.25, 0.3) is 0 Å². The zero-order valence-corrected chi connectivity index (χ0v) is 29.4. The summed E-state index contributed by atoms with van der Waals surface area (Å²) < 4.78 is 23.1. The van der Waals surface area contributed by atoms with Crippen LogP contribution in [0.2, 0.25) is 0 Å². The van der Waals surface area contributed by atoms with Crippen LogP contribution >= 0.6 is 0 Å². The number of rotatable bonds is 14. The molecule has 1 aliphatic carbocycles. The molecule has 4 aromatic carbocycles. The minimum atomic E-state index is -2.03. The largest absolute Gasteiger partial charge is 0.496 e. The van der Waals surface area contributed by atoms with Crippen LogP contribution in [0.15, 0.2) is 97.1 Å². The van der Waals surface area contributed by atoms with Crippen molar-refractivity contribution in [3.05, 3.63) is 119 Å². The molecule has 0 aromatic heterocycles. The monoisotopic (exact) mass is 682 g/mol. The van der Waals surface area contributed by atoms with Crippen molar-refractivity contribution in [3.63, 3.8) is 0 Å². The third kappa shape index (κ3) is 5.72. The standard InChI is InChI=1S/C40H46N2O8/c1-26(39(45,28-16-7-11-20-32(28)47-3)29-17-8-12-21-33(29)48-4)42(37(44)38(36(41)43)24-15-25-38)27(2)40(46,30-18-9-13-22-34(30)49-5)31-19-10-14-23-35(31)50-6/h7-14,16-23,26-27,45-46H,15,24-25H2,1-6H3,(H2,41,43). The van der Waals surface area contributed by atoms with Crippen LogP contribution in [0.3, 0.4) is 0 Å². The molecule has 4 aromatic rings. The molecular formula is C40H46N2O8. The van der Waals surface area contributed by atoms with Crippen molar-refractivity contribution in [2.75, 3.05) is 28.4 Å². The normalized spacial score (nSPS) is 15.2. The summed E-state index contributed by atoms with van der Waals surface area (Å²) in [5.41, 5.74) is 1.75. The number of hydrogen-bond acceptors (Lipinski definition) is 8. The molecule has 1 fully saturated rings. The summed E-state index contributed by atoms with van der Waals surface area (Å²) in [4.78, 5) is 29.9. The van der Waals surface area contributed by atoms with Gasteiger partial charge in [-0.25, -0.2) is 0 Å². The fraction of sp³-hybridized carbons (Fsp3) is 0.350. The Morgan fingerprint density at radius 1 is 0.620 bits per heavy atom. The second-order valence-corrected chi connectivity index (χ2v) is 12.7. The number of carbonyl (C=O) groups is 2. The Bertz CT molecular complexity index is 1630. The molecule has 0 spiro atoms. The minimum absolute atomic E-state index is 0.223. The smallest absolute Gasteiger partial charge is 0.238 e. The van der Waals surface area contributed by atoms with Gasteiger partial charge in [0.15, 0.2) is 0 Å². The number of benzene rings is 4. The first kappa shape index (κ1) is 36.2. The van der Waals surface area contributed by atoms with E-state index < -0.39 is 40.5 Å². The summed E-state index contributed by atoms with van der Waals surface area (Å²) in [7, 11) is 5.99. The Morgan fingerprint density at radius 3 is 1.12 bits per heavy atom. The minimum Gasteiger partial charge on any atom is -0.496 e. The second-order valence-electron chi connectivity index (χ2n) is 12.7. The quantitative estimate of drug-likeness (QED) is 0.155. The SMILES string of the molecule is COc1ccccc1C(O)(c1ccccc1OC)C(C)N(C(=O)C1(C(N)=O)CCC1)C(C)C(O)(c1ccccc1OC)c1ccccc1OC. The van der Waals surface area contributed by atoms with Gasteiger partial charge in [0.2, 0.25) is 11.8 Å². The molecule has 5 rings (SSSR count). The van der Waals surface area contributed by atoms with Crippen LogP contribution < -0.4 is 24.7 Å². The van der Waals surface area contributed by atoms with Gasteiger partial charge in [0.05, 0.1) is 40.5 Å². The average Bonchev–Trinajstić information content (AvgIpc) is 3.13. The van der Waals surface area contributed by atoms with Crippen molar-refractivity contribution in [3.8, 4) is 23.0 Å². The zero-order valence-electron chi connectivity index (χ0n) is 29.4. The Hall–Kier alpha value is -5.06. The molecule has 2 unspecified atom stereocenters. The number of carbonyl (C=O) groups excluding carboxylic acids is 2. The summed E-state index contributed by atoms with van der Waals surface area (Å²) in [6.07, 6.45) is 1.05. The topological polar surface area (TPSA) is 141 Å². The number of amides is 2. The second kappa shape index (κ2) is 14.4. The number of para-hydroxylation sites is 4. The van der Waals surface area contributed by atoms with Gasteiger partial charge in [-0.1, -0.05) is 79.2 Å². The molecule has 10 heteroatoms. The maximum absolute atomic E-state index is 15.3. The first-order valence-electron chi connectivity index (χ1n) is 16.6. The van der Waals surface area contributed by atoms with Crippen LogP contribution in [0.5, 0.6) is 23.0 Å². The average molecular weight is 683 g/mol. The van der Waals surface area contributed by atoms with Crippen LogP contribution in [0.1, 0.15) is 55.4 Å². The summed E-state index contributed by atoms with van der Waals surface area (Å²) in [5.74, 6) is 0.0187. The lowest BCUT2D eigenvalue weighted by molar-refractivity contribution is -0.170. The van der Waals surface area contributed by atoms with Gasteiger partial charge in [-0.15, -0.1) is 0 Å². The highest BCUT2D eigenvalue weighted by atomic mass is 16.5. The van der Waals surface area contributed by atoms with E-state index >= 15 is 4.79 Å². The van der Waals surface area contributed by atoms with E-state index in [-0.39, 0.29) is 12.8 Å². The molecular weight excluding hydrogens is 636 g/mol. The fourth-order valence-corrected chi connectivity index (χ4v) is 7.46. The number of nitrogens with zero attached hydrogens (tertiary/aromatic N) is 1. The van der Waals surface area contributed by atoms with Crippen molar-refractivity contribution >= 4 is 11.8 Å².